The molecule has 0 amide bonds. The second-order valence-electron chi connectivity index (χ2n) is 4.75. The first-order valence-electron chi connectivity index (χ1n) is 6.71. The van der Waals surface area contributed by atoms with Crippen LogP contribution in [0.5, 0.6) is 0 Å². The highest BCUT2D eigenvalue weighted by atomic mass is 32.1. The summed E-state index contributed by atoms with van der Waals surface area (Å²) in [5.74, 6) is 0. The molecule has 1 aliphatic rings. The molecular formula is C13H23N3OS. The van der Waals surface area contributed by atoms with Crippen molar-refractivity contribution in [3.63, 3.8) is 0 Å². The minimum Gasteiger partial charge on any atom is -0.380 e. The Balaban J connectivity index is 1.83. The number of methoxy groups -OCH3 is 1. The number of piperidine rings is 1. The summed E-state index contributed by atoms with van der Waals surface area (Å²) in [6.07, 6.45) is 2.82. The van der Waals surface area contributed by atoms with Crippen LogP contribution in [0.25, 0.3) is 0 Å². The summed E-state index contributed by atoms with van der Waals surface area (Å²) in [7, 11) is 1.81. The number of thiazole rings is 1. The van der Waals surface area contributed by atoms with E-state index in [1.165, 1.54) is 30.1 Å². The third-order valence-electron chi connectivity index (χ3n) is 3.31. The monoisotopic (exact) mass is 269 g/mol. The van der Waals surface area contributed by atoms with Gasteiger partial charge in [-0.05, 0) is 25.9 Å². The molecule has 1 fully saturated rings. The van der Waals surface area contributed by atoms with Gasteiger partial charge in [-0.25, -0.2) is 4.98 Å². The van der Waals surface area contributed by atoms with E-state index in [9.17, 15) is 0 Å². The predicted octanol–water partition coefficient (Wildman–Crippen LogP) is 1.86. The Morgan fingerprint density at radius 3 is 3.28 bits per heavy atom. The lowest BCUT2D eigenvalue weighted by Crippen LogP contribution is -2.38. The molecule has 1 saturated heterocycles. The Hall–Kier alpha value is -0.490. The molecule has 1 aliphatic heterocycles. The number of rotatable bonds is 6. The molecule has 0 aliphatic carbocycles. The van der Waals surface area contributed by atoms with Gasteiger partial charge in [-0.3, -0.25) is 4.90 Å². The normalized spacial score (nSPS) is 21.3. The van der Waals surface area contributed by atoms with E-state index in [0.29, 0.717) is 6.10 Å². The number of ether oxygens (including phenoxy) is 1. The second-order valence-corrected chi connectivity index (χ2v) is 5.69. The summed E-state index contributed by atoms with van der Waals surface area (Å²) in [5, 5.41) is 6.68. The fourth-order valence-corrected chi connectivity index (χ4v) is 3.07. The Morgan fingerprint density at radius 1 is 1.61 bits per heavy atom. The van der Waals surface area contributed by atoms with Gasteiger partial charge in [0.15, 0.2) is 0 Å². The first kappa shape index (κ1) is 13.9. The minimum atomic E-state index is 0.401. The van der Waals surface area contributed by atoms with Crippen LogP contribution in [0.4, 0.5) is 0 Å². The van der Waals surface area contributed by atoms with Crippen LogP contribution in [0.1, 0.15) is 30.5 Å². The average molecular weight is 269 g/mol. The van der Waals surface area contributed by atoms with Crippen LogP contribution in [-0.2, 0) is 17.8 Å². The molecule has 4 nitrogen and oxygen atoms in total. The Kier molecular flexibility index (Phi) is 5.56. The highest BCUT2D eigenvalue weighted by molar-refractivity contribution is 7.09. The van der Waals surface area contributed by atoms with Crippen LogP contribution in [0.15, 0.2) is 5.38 Å². The lowest BCUT2D eigenvalue weighted by molar-refractivity contribution is 0.0282. The fourth-order valence-electron chi connectivity index (χ4n) is 2.31. The molecule has 1 atom stereocenters. The van der Waals surface area contributed by atoms with Gasteiger partial charge in [0.1, 0.15) is 5.01 Å². The molecule has 1 aromatic rings. The van der Waals surface area contributed by atoms with Gasteiger partial charge in [0, 0.05) is 32.1 Å². The van der Waals surface area contributed by atoms with Crippen molar-refractivity contribution >= 4 is 11.3 Å². The molecule has 0 bridgehead atoms. The molecular weight excluding hydrogens is 246 g/mol. The Bertz CT molecular complexity index is 356. The van der Waals surface area contributed by atoms with Gasteiger partial charge in [-0.15, -0.1) is 11.3 Å². The lowest BCUT2D eigenvalue weighted by atomic mass is 10.1. The van der Waals surface area contributed by atoms with Gasteiger partial charge in [-0.2, -0.15) is 0 Å². The maximum Gasteiger partial charge on any atom is 0.107 e. The molecule has 1 N–H and O–H groups in total. The smallest absolute Gasteiger partial charge is 0.107 e. The zero-order valence-corrected chi connectivity index (χ0v) is 12.1. The number of likely N-dealkylation sites (tertiary alicyclic amines) is 1. The summed E-state index contributed by atoms with van der Waals surface area (Å²) in [6.45, 7) is 7.17. The minimum absolute atomic E-state index is 0.401. The summed E-state index contributed by atoms with van der Waals surface area (Å²) >= 11 is 1.75. The molecule has 1 unspecified atom stereocenters. The van der Waals surface area contributed by atoms with Crippen LogP contribution in [-0.4, -0.2) is 42.7 Å². The molecule has 0 aromatic carbocycles. The first-order valence-corrected chi connectivity index (χ1v) is 7.59. The molecule has 2 heterocycles. The number of hydrogen-bond donors (Lipinski definition) is 1. The summed E-state index contributed by atoms with van der Waals surface area (Å²) in [6, 6.07) is 0. The molecule has 0 radical (unpaired) electrons. The van der Waals surface area contributed by atoms with Crippen LogP contribution >= 0.6 is 11.3 Å². The second kappa shape index (κ2) is 7.19. The molecule has 0 saturated carbocycles. The SMILES string of the molecule is CCNCc1nc(CN2CCCC(OC)C2)cs1. The van der Waals surface area contributed by atoms with Crippen LogP contribution in [0, 0.1) is 0 Å². The van der Waals surface area contributed by atoms with Crippen molar-refractivity contribution in [1.29, 1.82) is 0 Å². The summed E-state index contributed by atoms with van der Waals surface area (Å²) in [4.78, 5) is 7.11. The highest BCUT2D eigenvalue weighted by Gasteiger charge is 2.19. The standard InChI is InChI=1S/C13H23N3OS/c1-3-14-7-13-15-11(10-18-13)8-16-6-4-5-12(9-16)17-2/h10,12,14H,3-9H2,1-2H3. The maximum atomic E-state index is 5.45. The highest BCUT2D eigenvalue weighted by Crippen LogP contribution is 2.17. The zero-order chi connectivity index (χ0) is 12.8. The van der Waals surface area contributed by atoms with Gasteiger partial charge in [0.25, 0.3) is 0 Å². The van der Waals surface area contributed by atoms with Crippen LogP contribution < -0.4 is 5.32 Å². The predicted molar refractivity (Wildman–Crippen MR) is 74.8 cm³/mol. The third kappa shape index (κ3) is 4.02. The first-order chi connectivity index (χ1) is 8.81. The third-order valence-corrected chi connectivity index (χ3v) is 4.20. The van der Waals surface area contributed by atoms with Gasteiger partial charge in [0.05, 0.1) is 11.8 Å². The van der Waals surface area contributed by atoms with E-state index < -0.39 is 0 Å². The van der Waals surface area contributed by atoms with Crippen molar-refractivity contribution in [3.8, 4) is 0 Å². The summed E-state index contributed by atoms with van der Waals surface area (Å²) in [5.41, 5.74) is 1.20. The molecule has 102 valence electrons. The Morgan fingerprint density at radius 2 is 2.50 bits per heavy atom. The molecule has 18 heavy (non-hydrogen) atoms. The van der Waals surface area contributed by atoms with Crippen molar-refractivity contribution in [2.45, 2.75) is 39.0 Å². The largest absolute Gasteiger partial charge is 0.380 e. The quantitative estimate of drug-likeness (QED) is 0.855. The maximum absolute atomic E-state index is 5.45. The number of hydrogen-bond acceptors (Lipinski definition) is 5. The van der Waals surface area contributed by atoms with E-state index in [0.717, 1.165) is 26.2 Å². The molecule has 5 heteroatoms. The van der Waals surface area contributed by atoms with Crippen LogP contribution in [0.2, 0.25) is 0 Å². The van der Waals surface area contributed by atoms with Gasteiger partial charge in [-0.1, -0.05) is 6.92 Å². The van der Waals surface area contributed by atoms with E-state index in [-0.39, 0.29) is 0 Å². The van der Waals surface area contributed by atoms with E-state index in [1.807, 2.05) is 7.11 Å². The summed E-state index contributed by atoms with van der Waals surface area (Å²) < 4.78 is 5.45. The Labute approximate surface area is 113 Å². The average Bonchev–Trinajstić information content (AvgIpc) is 2.84. The van der Waals surface area contributed by atoms with E-state index in [4.69, 9.17) is 4.74 Å². The van der Waals surface area contributed by atoms with Crippen LogP contribution in [0.3, 0.4) is 0 Å². The van der Waals surface area contributed by atoms with E-state index in [1.54, 1.807) is 11.3 Å². The van der Waals surface area contributed by atoms with Gasteiger partial charge in [0.2, 0.25) is 0 Å². The topological polar surface area (TPSA) is 37.4 Å². The van der Waals surface area contributed by atoms with Crippen molar-refractivity contribution in [2.24, 2.45) is 0 Å². The van der Waals surface area contributed by atoms with Gasteiger partial charge < -0.3 is 10.1 Å². The van der Waals surface area contributed by atoms with Crippen molar-refractivity contribution in [3.05, 3.63) is 16.1 Å². The molecule has 1 aromatic heterocycles. The number of nitrogens with zero attached hydrogens (tertiary/aromatic N) is 2. The zero-order valence-electron chi connectivity index (χ0n) is 11.3. The van der Waals surface area contributed by atoms with Crippen molar-refractivity contribution in [1.82, 2.24) is 15.2 Å². The van der Waals surface area contributed by atoms with Gasteiger partial charge >= 0.3 is 0 Å². The van der Waals surface area contributed by atoms with Crippen molar-refractivity contribution in [2.75, 3.05) is 26.7 Å². The molecule has 2 rings (SSSR count). The molecule has 0 spiro atoms. The van der Waals surface area contributed by atoms with E-state index in [2.05, 4.69) is 27.5 Å². The lowest BCUT2D eigenvalue weighted by Gasteiger charge is -2.31. The van der Waals surface area contributed by atoms with E-state index >= 15 is 0 Å². The van der Waals surface area contributed by atoms with Crippen molar-refractivity contribution < 1.29 is 4.74 Å². The number of aromatic nitrogens is 1. The fraction of sp³-hybridized carbons (Fsp3) is 0.769. The number of nitrogens with one attached hydrogen (secondary N) is 1.